The lowest BCUT2D eigenvalue weighted by Gasteiger charge is -2.21. The number of likely N-dealkylation sites (N-methyl/N-ethyl adjacent to an activating group) is 1. The van der Waals surface area contributed by atoms with Crippen LogP contribution in [0.4, 0.5) is 0 Å². The van der Waals surface area contributed by atoms with Crippen LogP contribution < -0.4 is 15.4 Å². The lowest BCUT2D eigenvalue weighted by molar-refractivity contribution is 0.240. The first-order chi connectivity index (χ1) is 13.5. The summed E-state index contributed by atoms with van der Waals surface area (Å²) in [7, 11) is 2.21. The molecular formula is C22H40IN5O. The summed E-state index contributed by atoms with van der Waals surface area (Å²) in [6, 6.07) is 6.34. The van der Waals surface area contributed by atoms with E-state index < -0.39 is 0 Å². The molecule has 1 aromatic carbocycles. The molecule has 166 valence electrons. The molecule has 1 aromatic rings. The maximum atomic E-state index is 5.98. The summed E-state index contributed by atoms with van der Waals surface area (Å²) in [5.41, 5.74) is 2.32. The van der Waals surface area contributed by atoms with Gasteiger partial charge in [0.1, 0.15) is 5.75 Å². The van der Waals surface area contributed by atoms with E-state index in [1.54, 1.807) is 0 Å². The molecule has 2 N–H and O–H groups in total. The predicted octanol–water partition coefficient (Wildman–Crippen LogP) is 3.09. The lowest BCUT2D eigenvalue weighted by Crippen LogP contribution is -2.42. The van der Waals surface area contributed by atoms with Gasteiger partial charge >= 0.3 is 0 Å². The van der Waals surface area contributed by atoms with Crippen molar-refractivity contribution in [3.63, 3.8) is 0 Å². The molecule has 1 heterocycles. The van der Waals surface area contributed by atoms with Crippen molar-refractivity contribution in [2.45, 2.75) is 46.8 Å². The molecule has 0 aromatic heterocycles. The van der Waals surface area contributed by atoms with Crippen molar-refractivity contribution < 1.29 is 4.74 Å². The second kappa shape index (κ2) is 14.0. The molecule has 6 nitrogen and oxygen atoms in total. The van der Waals surface area contributed by atoms with Crippen LogP contribution in [0.1, 0.15) is 38.3 Å². The van der Waals surface area contributed by atoms with Crippen LogP contribution in [-0.4, -0.2) is 74.7 Å². The highest BCUT2D eigenvalue weighted by molar-refractivity contribution is 14.0. The third kappa shape index (κ3) is 10.00. The van der Waals surface area contributed by atoms with Crippen molar-refractivity contribution in [2.75, 3.05) is 52.9 Å². The molecule has 29 heavy (non-hydrogen) atoms. The van der Waals surface area contributed by atoms with Crippen molar-refractivity contribution in [3.05, 3.63) is 29.3 Å². The Bertz CT molecular complexity index is 623. The number of benzene rings is 1. The van der Waals surface area contributed by atoms with Crippen LogP contribution in [0.15, 0.2) is 23.2 Å². The third-order valence-electron chi connectivity index (χ3n) is 4.87. The summed E-state index contributed by atoms with van der Waals surface area (Å²) in [5.74, 6) is 1.80. The van der Waals surface area contributed by atoms with Crippen molar-refractivity contribution in [2.24, 2.45) is 4.99 Å². The van der Waals surface area contributed by atoms with Crippen LogP contribution in [0.2, 0.25) is 0 Å². The van der Waals surface area contributed by atoms with Gasteiger partial charge in [0.2, 0.25) is 0 Å². The maximum absolute atomic E-state index is 5.98. The quantitative estimate of drug-likeness (QED) is 0.316. The van der Waals surface area contributed by atoms with E-state index in [4.69, 9.17) is 9.73 Å². The SMILES string of the molecule is CCNC(=NCc1ccc(C)cc1OC(C)C)NCCN1CCCN(C)CC1.I. The highest BCUT2D eigenvalue weighted by Gasteiger charge is 2.12. The average Bonchev–Trinajstić information content (AvgIpc) is 2.85. The minimum atomic E-state index is 0. The molecule has 1 aliphatic heterocycles. The van der Waals surface area contributed by atoms with Crippen molar-refractivity contribution >= 4 is 29.9 Å². The number of rotatable bonds is 8. The maximum Gasteiger partial charge on any atom is 0.191 e. The Kier molecular flexibility index (Phi) is 12.6. The number of guanidine groups is 1. The molecule has 0 radical (unpaired) electrons. The van der Waals surface area contributed by atoms with Crippen molar-refractivity contribution in [1.29, 1.82) is 0 Å². The van der Waals surface area contributed by atoms with E-state index in [2.05, 4.69) is 73.4 Å². The summed E-state index contributed by atoms with van der Waals surface area (Å²) in [5, 5.41) is 6.84. The Hall–Kier alpha value is -1.06. The number of nitrogens with zero attached hydrogens (tertiary/aromatic N) is 3. The van der Waals surface area contributed by atoms with Gasteiger partial charge in [0.05, 0.1) is 12.6 Å². The predicted molar refractivity (Wildman–Crippen MR) is 134 cm³/mol. The van der Waals surface area contributed by atoms with Crippen LogP contribution in [0, 0.1) is 6.92 Å². The van der Waals surface area contributed by atoms with Crippen LogP contribution in [0.25, 0.3) is 0 Å². The topological polar surface area (TPSA) is 52.1 Å². The minimum absolute atomic E-state index is 0. The number of aliphatic imine (C=N–C) groups is 1. The number of hydrogen-bond donors (Lipinski definition) is 2. The molecular weight excluding hydrogens is 477 g/mol. The summed E-state index contributed by atoms with van der Waals surface area (Å²) >= 11 is 0. The van der Waals surface area contributed by atoms with Gasteiger partial charge in [-0.3, -0.25) is 0 Å². The molecule has 0 spiro atoms. The van der Waals surface area contributed by atoms with Crippen molar-refractivity contribution in [1.82, 2.24) is 20.4 Å². The summed E-state index contributed by atoms with van der Waals surface area (Å²) in [6.45, 7) is 16.4. The molecule has 7 heteroatoms. The fourth-order valence-corrected chi connectivity index (χ4v) is 3.32. The second-order valence-electron chi connectivity index (χ2n) is 7.90. The van der Waals surface area contributed by atoms with Crippen LogP contribution >= 0.6 is 24.0 Å². The van der Waals surface area contributed by atoms with Gasteiger partial charge < -0.3 is 25.2 Å². The monoisotopic (exact) mass is 517 g/mol. The molecule has 0 atom stereocenters. The van der Waals surface area contributed by atoms with Gasteiger partial charge in [0.15, 0.2) is 5.96 Å². The molecule has 1 saturated heterocycles. The average molecular weight is 518 g/mol. The zero-order chi connectivity index (χ0) is 20.4. The normalized spacial score (nSPS) is 16.3. The number of ether oxygens (including phenoxy) is 1. The first kappa shape index (κ1) is 26.0. The number of nitrogens with one attached hydrogen (secondary N) is 2. The number of aryl methyl sites for hydroxylation is 1. The Morgan fingerprint density at radius 2 is 1.97 bits per heavy atom. The van der Waals surface area contributed by atoms with Crippen molar-refractivity contribution in [3.8, 4) is 5.75 Å². The Labute approximate surface area is 194 Å². The highest BCUT2D eigenvalue weighted by Crippen LogP contribution is 2.22. The fourth-order valence-electron chi connectivity index (χ4n) is 3.32. The van der Waals surface area contributed by atoms with Gasteiger partial charge in [0.25, 0.3) is 0 Å². The molecule has 0 unspecified atom stereocenters. The molecule has 1 aliphatic rings. The van der Waals surface area contributed by atoms with E-state index in [1.165, 1.54) is 25.1 Å². The minimum Gasteiger partial charge on any atom is -0.491 e. The zero-order valence-electron chi connectivity index (χ0n) is 18.8. The summed E-state index contributed by atoms with van der Waals surface area (Å²) < 4.78 is 5.98. The molecule has 2 rings (SSSR count). The number of halogens is 1. The summed E-state index contributed by atoms with van der Waals surface area (Å²) in [6.07, 6.45) is 1.40. The molecule has 1 fully saturated rings. The van der Waals surface area contributed by atoms with Gasteiger partial charge in [0, 0.05) is 38.3 Å². The van der Waals surface area contributed by atoms with E-state index in [-0.39, 0.29) is 30.1 Å². The first-order valence-electron chi connectivity index (χ1n) is 10.7. The fraction of sp³-hybridized carbons (Fsp3) is 0.682. The van der Waals surface area contributed by atoms with Gasteiger partial charge in [-0.05, 0) is 65.9 Å². The van der Waals surface area contributed by atoms with E-state index in [1.807, 2.05) is 0 Å². The van der Waals surface area contributed by atoms with Crippen LogP contribution in [0.3, 0.4) is 0 Å². The van der Waals surface area contributed by atoms with E-state index in [0.717, 1.165) is 50.0 Å². The highest BCUT2D eigenvalue weighted by atomic mass is 127. The van der Waals surface area contributed by atoms with Gasteiger partial charge in [-0.1, -0.05) is 12.1 Å². The smallest absolute Gasteiger partial charge is 0.191 e. The van der Waals surface area contributed by atoms with E-state index in [9.17, 15) is 0 Å². The van der Waals surface area contributed by atoms with Crippen LogP contribution in [0.5, 0.6) is 5.75 Å². The van der Waals surface area contributed by atoms with E-state index >= 15 is 0 Å². The first-order valence-corrected chi connectivity index (χ1v) is 10.7. The molecule has 0 saturated carbocycles. The van der Waals surface area contributed by atoms with Crippen LogP contribution in [-0.2, 0) is 6.54 Å². The second-order valence-corrected chi connectivity index (χ2v) is 7.90. The standard InChI is InChI=1S/C22H39N5O.HI/c1-6-23-22(24-10-13-27-12-7-11-26(5)14-15-27)25-17-20-9-8-19(4)16-21(20)28-18(2)3;/h8-9,16,18H,6-7,10-15,17H2,1-5H3,(H2,23,24,25);1H. The molecule has 0 amide bonds. The Morgan fingerprint density at radius 1 is 1.17 bits per heavy atom. The molecule has 0 bridgehead atoms. The Morgan fingerprint density at radius 3 is 2.69 bits per heavy atom. The van der Waals surface area contributed by atoms with Gasteiger partial charge in [-0.25, -0.2) is 4.99 Å². The number of hydrogen-bond acceptors (Lipinski definition) is 4. The largest absolute Gasteiger partial charge is 0.491 e. The zero-order valence-corrected chi connectivity index (χ0v) is 21.2. The molecule has 0 aliphatic carbocycles. The lowest BCUT2D eigenvalue weighted by atomic mass is 10.1. The van der Waals surface area contributed by atoms with Gasteiger partial charge in [-0.15, -0.1) is 24.0 Å². The van der Waals surface area contributed by atoms with E-state index in [0.29, 0.717) is 6.54 Å². The summed E-state index contributed by atoms with van der Waals surface area (Å²) in [4.78, 5) is 9.73. The van der Waals surface area contributed by atoms with Gasteiger partial charge in [-0.2, -0.15) is 0 Å². The third-order valence-corrected chi connectivity index (χ3v) is 4.87. The Balaban J connectivity index is 0.00000420.